The van der Waals surface area contributed by atoms with Gasteiger partial charge in [-0.1, -0.05) is 242 Å². The molecule has 4 heterocycles. The Morgan fingerprint density at radius 1 is 0.452 bits per heavy atom. The number of thioether (sulfide) groups is 1. The molecule has 1 unspecified atom stereocenters. The molecule has 2 aromatic heterocycles. The smallest absolute Gasteiger partial charge is 0.137 e. The summed E-state index contributed by atoms with van der Waals surface area (Å²) >= 11 is 1.91. The molecule has 0 saturated carbocycles. The van der Waals surface area contributed by atoms with Crippen molar-refractivity contribution in [1.29, 1.82) is 0 Å². The van der Waals surface area contributed by atoms with Crippen LogP contribution in [0.2, 0.25) is 0 Å². The lowest BCUT2D eigenvalue weighted by Crippen LogP contribution is -2.20. The zero-order chi connectivity index (χ0) is 48.7. The highest BCUT2D eigenvalue weighted by atomic mass is 32.2. The number of hydrogen-bond donors (Lipinski definition) is 0. The normalized spacial score (nSPS) is 14.5. The van der Waals surface area contributed by atoms with Crippen LogP contribution in [0.15, 0.2) is 265 Å². The molecule has 13 rings (SSSR count). The van der Waals surface area contributed by atoms with Crippen LogP contribution in [0.1, 0.15) is 22.9 Å². The van der Waals surface area contributed by atoms with Crippen LogP contribution in [0.3, 0.4) is 0 Å². The standard InChI is InChI=1S/C68H49N3OS/c1-71-65-57(47-34-30-45(31-35-47)55-40-42-60(49-18-7-2-8-19-49)69-63(55)51-22-11-4-12-23-51)38-39-58(67(65)73-68(71)59-28-17-27-54-44-53-26-15-6-16-29-62(53)72-66(54)59)48-36-32-46(33-37-48)56-41-43-61(50-20-9-3-10-21-50)70-64(56)52-24-13-5-14-25-52/h2-25,27-43,68H,26,44H2,1H3. The third kappa shape index (κ3) is 8.38. The molecule has 5 heteroatoms. The summed E-state index contributed by atoms with van der Waals surface area (Å²) in [7, 11) is 2.25. The average Bonchev–Trinajstić information content (AvgIpc) is 3.64. The van der Waals surface area contributed by atoms with Gasteiger partial charge in [0.25, 0.3) is 0 Å². The molecule has 1 aliphatic carbocycles. The van der Waals surface area contributed by atoms with Crippen molar-refractivity contribution in [2.45, 2.75) is 23.1 Å². The number of anilines is 1. The number of rotatable bonds is 9. The van der Waals surface area contributed by atoms with Crippen LogP contribution in [0.4, 0.5) is 5.69 Å². The summed E-state index contributed by atoms with van der Waals surface area (Å²) in [4.78, 5) is 14.3. The number of benzene rings is 8. The highest BCUT2D eigenvalue weighted by Gasteiger charge is 2.37. The summed E-state index contributed by atoms with van der Waals surface area (Å²) in [5, 5.41) is -0.0244. The number of fused-ring (bicyclic) bond motifs is 2. The van der Waals surface area contributed by atoms with E-state index in [1.54, 1.807) is 0 Å². The lowest BCUT2D eigenvalue weighted by Gasteiger charge is -2.29. The van der Waals surface area contributed by atoms with Gasteiger partial charge in [0.15, 0.2) is 0 Å². The molecule has 0 radical (unpaired) electrons. The molecule has 1 atom stereocenters. The molecule has 0 bridgehead atoms. The SMILES string of the molecule is CN1c2c(-c3ccc(-c4ccc(-c5ccccc5)nc4-c4ccccc4)cc3)ccc(-c3ccc(-c4ccc(-c5ccccc5)nc4-c4ccccc4)cc3)c2SC1c1cccc2c1OC1=C(CC=CC=C1)C2. The van der Waals surface area contributed by atoms with Gasteiger partial charge in [-0.25, -0.2) is 9.97 Å². The Balaban J connectivity index is 0.899. The first kappa shape index (κ1) is 44.2. The van der Waals surface area contributed by atoms with Gasteiger partial charge >= 0.3 is 0 Å². The molecule has 8 aromatic carbocycles. The molecule has 10 aromatic rings. The molecule has 2 aliphatic heterocycles. The molecule has 0 amide bonds. The van der Waals surface area contributed by atoms with Crippen molar-refractivity contribution in [1.82, 2.24) is 9.97 Å². The Bertz CT molecular complexity index is 3770. The zero-order valence-electron chi connectivity index (χ0n) is 40.3. The van der Waals surface area contributed by atoms with E-state index < -0.39 is 0 Å². The second-order valence-electron chi connectivity index (χ2n) is 18.8. The minimum atomic E-state index is -0.0244. The van der Waals surface area contributed by atoms with Gasteiger partial charge in [0.05, 0.1) is 28.5 Å². The highest BCUT2D eigenvalue weighted by Crippen LogP contribution is 2.59. The molecule has 348 valence electrons. The van der Waals surface area contributed by atoms with Gasteiger partial charge in [-0.2, -0.15) is 0 Å². The van der Waals surface area contributed by atoms with Gasteiger partial charge in [0.1, 0.15) is 16.9 Å². The van der Waals surface area contributed by atoms with Crippen LogP contribution in [-0.4, -0.2) is 17.0 Å². The van der Waals surface area contributed by atoms with E-state index >= 15 is 0 Å². The quantitative estimate of drug-likeness (QED) is 0.144. The molecule has 73 heavy (non-hydrogen) atoms. The third-order valence-electron chi connectivity index (χ3n) is 14.3. The number of ether oxygens (including phenoxy) is 1. The first-order chi connectivity index (χ1) is 36.1. The lowest BCUT2D eigenvalue weighted by molar-refractivity contribution is 0.413. The fourth-order valence-corrected chi connectivity index (χ4v) is 12.1. The maximum absolute atomic E-state index is 6.90. The van der Waals surface area contributed by atoms with Gasteiger partial charge in [-0.3, -0.25) is 0 Å². The monoisotopic (exact) mass is 955 g/mol. The number of aromatic nitrogens is 2. The lowest BCUT2D eigenvalue weighted by atomic mass is 9.93. The summed E-state index contributed by atoms with van der Waals surface area (Å²) in [5.41, 5.74) is 22.3. The average molecular weight is 956 g/mol. The Labute approximate surface area is 431 Å². The number of allylic oxidation sites excluding steroid dienone is 5. The summed E-state index contributed by atoms with van der Waals surface area (Å²) in [6.07, 6.45) is 10.3. The zero-order valence-corrected chi connectivity index (χ0v) is 41.1. The second-order valence-corrected chi connectivity index (χ2v) is 19.9. The Hall–Kier alpha value is -8.77. The van der Waals surface area contributed by atoms with E-state index in [4.69, 9.17) is 14.7 Å². The topological polar surface area (TPSA) is 38.2 Å². The Kier molecular flexibility index (Phi) is 11.6. The van der Waals surface area contributed by atoms with Gasteiger partial charge < -0.3 is 9.64 Å². The minimum absolute atomic E-state index is 0.0244. The first-order valence-corrected chi connectivity index (χ1v) is 25.9. The maximum atomic E-state index is 6.90. The van der Waals surface area contributed by atoms with E-state index in [1.165, 1.54) is 38.4 Å². The van der Waals surface area contributed by atoms with Gasteiger partial charge in [0.2, 0.25) is 0 Å². The fraction of sp³-hybridized carbons (Fsp3) is 0.0588. The van der Waals surface area contributed by atoms with Crippen LogP contribution in [-0.2, 0) is 6.42 Å². The van der Waals surface area contributed by atoms with E-state index in [9.17, 15) is 0 Å². The van der Waals surface area contributed by atoms with Crippen molar-refractivity contribution in [3.63, 3.8) is 0 Å². The highest BCUT2D eigenvalue weighted by molar-refractivity contribution is 8.00. The summed E-state index contributed by atoms with van der Waals surface area (Å²) < 4.78 is 6.90. The van der Waals surface area contributed by atoms with Crippen molar-refractivity contribution in [3.05, 3.63) is 271 Å². The summed E-state index contributed by atoms with van der Waals surface area (Å²) in [5.74, 6) is 1.94. The van der Waals surface area contributed by atoms with E-state index in [0.717, 1.165) is 103 Å². The fourth-order valence-electron chi connectivity index (χ4n) is 10.6. The van der Waals surface area contributed by atoms with Crippen molar-refractivity contribution >= 4 is 17.4 Å². The minimum Gasteiger partial charge on any atom is -0.457 e. The van der Waals surface area contributed by atoms with Crippen LogP contribution in [0.25, 0.3) is 89.5 Å². The van der Waals surface area contributed by atoms with Gasteiger partial charge in [-0.15, -0.1) is 0 Å². The summed E-state index contributed by atoms with van der Waals surface area (Å²) in [6.45, 7) is 0. The third-order valence-corrected chi connectivity index (χ3v) is 15.8. The largest absolute Gasteiger partial charge is 0.457 e. The predicted molar refractivity (Wildman–Crippen MR) is 303 cm³/mol. The van der Waals surface area contributed by atoms with E-state index in [1.807, 2.05) is 23.9 Å². The molecular weight excluding hydrogens is 907 g/mol. The van der Waals surface area contributed by atoms with Gasteiger partial charge in [0, 0.05) is 62.9 Å². The van der Waals surface area contributed by atoms with E-state index in [2.05, 4.69) is 249 Å². The van der Waals surface area contributed by atoms with Gasteiger partial charge in [-0.05, 0) is 63.6 Å². The molecule has 0 fully saturated rings. The number of para-hydroxylation sites is 1. The molecule has 4 nitrogen and oxygen atoms in total. The Morgan fingerprint density at radius 2 is 0.932 bits per heavy atom. The van der Waals surface area contributed by atoms with E-state index in [-0.39, 0.29) is 5.37 Å². The first-order valence-electron chi connectivity index (χ1n) is 25.0. The van der Waals surface area contributed by atoms with Crippen molar-refractivity contribution < 1.29 is 4.74 Å². The molecule has 0 saturated heterocycles. The molecule has 3 aliphatic rings. The van der Waals surface area contributed by atoms with Crippen molar-refractivity contribution in [2.24, 2.45) is 0 Å². The second kappa shape index (κ2) is 19.1. The number of nitrogens with zero attached hydrogens (tertiary/aromatic N) is 3. The predicted octanol–water partition coefficient (Wildman–Crippen LogP) is 17.8. The van der Waals surface area contributed by atoms with Crippen LogP contribution in [0.5, 0.6) is 5.75 Å². The Morgan fingerprint density at radius 3 is 1.48 bits per heavy atom. The number of hydrogen-bond acceptors (Lipinski definition) is 5. The van der Waals surface area contributed by atoms with Crippen LogP contribution >= 0.6 is 11.8 Å². The molecular formula is C68H49N3OS. The van der Waals surface area contributed by atoms with Crippen LogP contribution in [0, 0.1) is 0 Å². The summed E-state index contributed by atoms with van der Waals surface area (Å²) in [6, 6.07) is 80.1. The molecule has 0 N–H and O–H groups in total. The number of pyridine rings is 2. The van der Waals surface area contributed by atoms with Crippen LogP contribution < -0.4 is 9.64 Å². The maximum Gasteiger partial charge on any atom is 0.137 e. The van der Waals surface area contributed by atoms with Crippen molar-refractivity contribution in [2.75, 3.05) is 11.9 Å². The van der Waals surface area contributed by atoms with E-state index in [0.29, 0.717) is 0 Å². The molecule has 0 spiro atoms. The van der Waals surface area contributed by atoms with Crippen molar-refractivity contribution in [3.8, 4) is 95.3 Å².